The Balaban J connectivity index is 1.57. The zero-order chi connectivity index (χ0) is 22.5. The first-order valence-corrected chi connectivity index (χ1v) is 11.0. The fraction of sp³-hybridized carbons (Fsp3) is 0.190. The van der Waals surface area contributed by atoms with Crippen molar-refractivity contribution in [3.05, 3.63) is 76.2 Å². The van der Waals surface area contributed by atoms with Crippen molar-refractivity contribution in [1.82, 2.24) is 39.1 Å². The van der Waals surface area contributed by atoms with Crippen molar-refractivity contribution in [3.63, 3.8) is 0 Å². The molecule has 6 heterocycles. The van der Waals surface area contributed by atoms with Gasteiger partial charge < -0.3 is 9.88 Å². The molecule has 1 atom stereocenters. The number of hydrogen-bond donors (Lipinski definition) is 1. The van der Waals surface area contributed by atoms with Crippen LogP contribution in [-0.4, -0.2) is 50.5 Å². The number of imidazole rings is 1. The van der Waals surface area contributed by atoms with Crippen molar-refractivity contribution in [2.24, 2.45) is 0 Å². The number of rotatable bonds is 4. The van der Waals surface area contributed by atoms with Gasteiger partial charge in [-0.3, -0.25) is 14.3 Å². The molecule has 0 saturated carbocycles. The average Bonchev–Trinajstić information content (AvgIpc) is 3.55. The van der Waals surface area contributed by atoms with E-state index in [1.807, 2.05) is 23.1 Å². The summed E-state index contributed by atoms with van der Waals surface area (Å²) in [7, 11) is 0. The Kier molecular flexibility index (Phi) is 4.66. The van der Waals surface area contributed by atoms with E-state index in [1.165, 1.54) is 10.8 Å². The molecular weight excluding hydrogens is 462 g/mol. The maximum Gasteiger partial charge on any atom is 0.279 e. The number of H-pyrrole nitrogens is 1. The molecule has 12 heteroatoms. The number of aromatic amines is 1. The van der Waals surface area contributed by atoms with Gasteiger partial charge in [0, 0.05) is 23.8 Å². The Morgan fingerprint density at radius 1 is 1.18 bits per heavy atom. The highest BCUT2D eigenvalue weighted by Crippen LogP contribution is 2.35. The summed E-state index contributed by atoms with van der Waals surface area (Å²) in [6, 6.07) is 6.78. The van der Waals surface area contributed by atoms with Gasteiger partial charge in [0.1, 0.15) is 23.4 Å². The largest absolute Gasteiger partial charge is 0.340 e. The van der Waals surface area contributed by atoms with Crippen LogP contribution in [0.25, 0.3) is 16.7 Å². The van der Waals surface area contributed by atoms with Crippen molar-refractivity contribution in [2.75, 3.05) is 11.4 Å². The first-order chi connectivity index (χ1) is 16.1. The summed E-state index contributed by atoms with van der Waals surface area (Å²) in [6.07, 6.45) is 7.07. The minimum absolute atomic E-state index is 0.232. The Labute approximate surface area is 196 Å². The lowest BCUT2D eigenvalue weighted by molar-refractivity contribution is 0.602. The minimum Gasteiger partial charge on any atom is -0.340 e. The molecule has 1 saturated heterocycles. The normalized spacial score (nSPS) is 16.3. The Morgan fingerprint density at radius 3 is 2.94 bits per heavy atom. The molecule has 5 aromatic heterocycles. The molecule has 0 unspecified atom stereocenters. The first-order valence-electron chi connectivity index (χ1n) is 10.2. The van der Waals surface area contributed by atoms with E-state index in [-0.39, 0.29) is 12.1 Å². The van der Waals surface area contributed by atoms with Gasteiger partial charge in [-0.05, 0) is 24.6 Å². The topological polar surface area (TPSA) is 110 Å². The van der Waals surface area contributed by atoms with Crippen LogP contribution in [0.2, 0.25) is 5.02 Å². The number of hydrogen-bond acceptors (Lipinski definition) is 8. The fourth-order valence-electron chi connectivity index (χ4n) is 4.24. The molecule has 10 nitrogen and oxygen atoms in total. The van der Waals surface area contributed by atoms with Crippen LogP contribution in [0.3, 0.4) is 0 Å². The molecule has 0 spiro atoms. The highest BCUT2D eigenvalue weighted by molar-refractivity contribution is 7.80. The van der Waals surface area contributed by atoms with Crippen molar-refractivity contribution in [3.8, 4) is 0 Å². The molecule has 164 valence electrons. The third-order valence-electron chi connectivity index (χ3n) is 5.73. The summed E-state index contributed by atoms with van der Waals surface area (Å²) in [5, 5.41) is 5.14. The van der Waals surface area contributed by atoms with Crippen molar-refractivity contribution in [1.29, 1.82) is 0 Å². The Bertz CT molecular complexity index is 1580. The van der Waals surface area contributed by atoms with Gasteiger partial charge in [0.15, 0.2) is 17.3 Å². The van der Waals surface area contributed by atoms with E-state index in [1.54, 1.807) is 29.4 Å². The van der Waals surface area contributed by atoms with Crippen molar-refractivity contribution < 1.29 is 0 Å². The molecule has 5 aromatic rings. The van der Waals surface area contributed by atoms with Crippen LogP contribution in [0.5, 0.6) is 0 Å². The number of nitrogens with one attached hydrogen (secondary N) is 1. The molecule has 6 rings (SSSR count). The number of fused-ring (bicyclic) bond motifs is 2. The standard InChI is InChI=1S/C21H16ClN9OS/c22-13-4-8-31-16(13)21(32)30(9-12-3-1-2-6-23-12)20(28-31)17-14(33)5-7-29(17)19-15-18(25-10-24-15)26-11-27-19/h1-4,6,8,10-11,17H,5,7,9H2,(H,24,25,26,27)/t17-/m0/s1. The SMILES string of the molecule is O=c1c2c(Cl)ccn2nc([C@@H]2C(=S)CCN2c2ncnc3nc[nH]c23)n1Cc1ccccn1. The number of halogens is 1. The van der Waals surface area contributed by atoms with E-state index >= 15 is 0 Å². The summed E-state index contributed by atoms with van der Waals surface area (Å²) in [5.41, 5.74) is 2.04. The number of nitrogens with zero attached hydrogens (tertiary/aromatic N) is 8. The molecule has 1 aliphatic heterocycles. The lowest BCUT2D eigenvalue weighted by Gasteiger charge is -2.27. The second-order valence-corrected chi connectivity index (χ2v) is 8.57. The van der Waals surface area contributed by atoms with E-state index in [4.69, 9.17) is 28.9 Å². The minimum atomic E-state index is -0.455. The molecule has 0 radical (unpaired) electrons. The monoisotopic (exact) mass is 477 g/mol. The maximum atomic E-state index is 13.6. The van der Waals surface area contributed by atoms with Gasteiger partial charge in [0.05, 0.1) is 23.6 Å². The van der Waals surface area contributed by atoms with Crippen LogP contribution in [0.4, 0.5) is 5.82 Å². The van der Waals surface area contributed by atoms with Gasteiger partial charge in [0.25, 0.3) is 5.56 Å². The first kappa shape index (κ1) is 19.9. The van der Waals surface area contributed by atoms with Gasteiger partial charge in [-0.25, -0.2) is 19.5 Å². The fourth-order valence-corrected chi connectivity index (χ4v) is 4.79. The second-order valence-electron chi connectivity index (χ2n) is 7.64. The van der Waals surface area contributed by atoms with Crippen LogP contribution >= 0.6 is 23.8 Å². The van der Waals surface area contributed by atoms with Gasteiger partial charge >= 0.3 is 0 Å². The van der Waals surface area contributed by atoms with Crippen LogP contribution < -0.4 is 10.5 Å². The molecule has 0 aliphatic carbocycles. The predicted molar refractivity (Wildman–Crippen MR) is 127 cm³/mol. The molecule has 0 aromatic carbocycles. The number of anilines is 1. The zero-order valence-corrected chi connectivity index (χ0v) is 18.7. The highest BCUT2D eigenvalue weighted by atomic mass is 35.5. The molecule has 1 N–H and O–H groups in total. The van der Waals surface area contributed by atoms with Gasteiger partial charge in [-0.1, -0.05) is 29.9 Å². The average molecular weight is 478 g/mol. The summed E-state index contributed by atoms with van der Waals surface area (Å²) in [4.78, 5) is 36.9. The van der Waals surface area contributed by atoms with Crippen molar-refractivity contribution >= 4 is 51.2 Å². The highest BCUT2D eigenvalue weighted by Gasteiger charge is 2.37. The molecule has 0 amide bonds. The molecule has 33 heavy (non-hydrogen) atoms. The lowest BCUT2D eigenvalue weighted by Crippen LogP contribution is -2.36. The Morgan fingerprint density at radius 2 is 2.09 bits per heavy atom. The van der Waals surface area contributed by atoms with Gasteiger partial charge in [0.2, 0.25) is 0 Å². The van der Waals surface area contributed by atoms with Gasteiger partial charge in [-0.15, -0.1) is 0 Å². The van der Waals surface area contributed by atoms with Crippen LogP contribution in [0.1, 0.15) is 24.0 Å². The Hall–Kier alpha value is -3.70. The van der Waals surface area contributed by atoms with Crippen LogP contribution in [0, 0.1) is 0 Å². The molecule has 1 aliphatic rings. The van der Waals surface area contributed by atoms with E-state index < -0.39 is 6.04 Å². The van der Waals surface area contributed by atoms with Crippen LogP contribution in [-0.2, 0) is 6.54 Å². The zero-order valence-electron chi connectivity index (χ0n) is 17.1. The van der Waals surface area contributed by atoms with E-state index in [2.05, 4.69) is 24.9 Å². The molecule has 1 fully saturated rings. The maximum absolute atomic E-state index is 13.6. The van der Waals surface area contributed by atoms with E-state index in [9.17, 15) is 4.79 Å². The summed E-state index contributed by atoms with van der Waals surface area (Å²) in [6.45, 7) is 0.856. The molecule has 0 bridgehead atoms. The summed E-state index contributed by atoms with van der Waals surface area (Å²) < 4.78 is 3.12. The van der Waals surface area contributed by atoms with E-state index in [0.29, 0.717) is 46.3 Å². The lowest BCUT2D eigenvalue weighted by atomic mass is 10.2. The third kappa shape index (κ3) is 3.19. The predicted octanol–water partition coefficient (Wildman–Crippen LogP) is 2.58. The second kappa shape index (κ2) is 7.71. The number of aromatic nitrogens is 8. The number of pyridine rings is 1. The number of thiocarbonyl (C=S) groups is 1. The molecular formula is C21H16ClN9OS. The quantitative estimate of drug-likeness (QED) is 0.393. The third-order valence-corrected chi connectivity index (χ3v) is 6.47. The van der Waals surface area contributed by atoms with Crippen molar-refractivity contribution in [2.45, 2.75) is 19.0 Å². The summed E-state index contributed by atoms with van der Waals surface area (Å²) in [5.74, 6) is 1.16. The smallest absolute Gasteiger partial charge is 0.279 e. The van der Waals surface area contributed by atoms with E-state index in [0.717, 1.165) is 10.6 Å². The summed E-state index contributed by atoms with van der Waals surface area (Å²) >= 11 is 12.1. The van der Waals surface area contributed by atoms with Gasteiger partial charge in [-0.2, -0.15) is 5.10 Å². The van der Waals surface area contributed by atoms with Crippen LogP contribution in [0.15, 0.2) is 54.1 Å².